The van der Waals surface area contributed by atoms with E-state index in [1.807, 2.05) is 43.9 Å². The zero-order valence-electron chi connectivity index (χ0n) is 18.7. The van der Waals surface area contributed by atoms with Gasteiger partial charge in [0.15, 0.2) is 11.4 Å². The number of hydrogen-bond donors (Lipinski definition) is 0. The lowest BCUT2D eigenvalue weighted by atomic mass is 10.1. The lowest BCUT2D eigenvalue weighted by Crippen LogP contribution is -2.37. The van der Waals surface area contributed by atoms with Gasteiger partial charge in [-0.2, -0.15) is 8.78 Å². The Labute approximate surface area is 186 Å². The minimum absolute atomic E-state index is 0.0130. The Balaban J connectivity index is 1.80. The Morgan fingerprint density at radius 2 is 2.03 bits per heavy atom. The van der Waals surface area contributed by atoms with Crippen molar-refractivity contribution >= 4 is 27.9 Å². The van der Waals surface area contributed by atoms with Crippen molar-refractivity contribution in [2.75, 3.05) is 31.3 Å². The van der Waals surface area contributed by atoms with E-state index in [9.17, 15) is 0 Å². The molecule has 1 aliphatic heterocycles. The molecular weight excluding hydrogens is 416 g/mol. The number of halogens is 2. The highest BCUT2D eigenvalue weighted by Gasteiger charge is 2.39. The first-order chi connectivity index (χ1) is 15.2. The number of para-hydroxylation sites is 1. The summed E-state index contributed by atoms with van der Waals surface area (Å²) in [6.45, 7) is 9.85. The summed E-state index contributed by atoms with van der Waals surface area (Å²) in [5.74, 6) is -3.55. The second-order valence-electron chi connectivity index (χ2n) is 9.07. The number of hydrogen-bond acceptors (Lipinski definition) is 6. The van der Waals surface area contributed by atoms with Gasteiger partial charge >= 0.3 is 5.92 Å². The van der Waals surface area contributed by atoms with Crippen molar-refractivity contribution < 1.29 is 22.7 Å². The largest absolute Gasteiger partial charge is 0.450 e. The minimum atomic E-state index is -3.36. The third-order valence-electron chi connectivity index (χ3n) is 5.41. The summed E-state index contributed by atoms with van der Waals surface area (Å²) < 4.78 is 47.2. The fourth-order valence-electron chi connectivity index (χ4n) is 3.90. The maximum atomic E-state index is 15.0. The van der Waals surface area contributed by atoms with Crippen LogP contribution in [0.3, 0.4) is 0 Å². The van der Waals surface area contributed by atoms with E-state index in [1.54, 1.807) is 6.07 Å². The van der Waals surface area contributed by atoms with Crippen molar-refractivity contribution in [2.45, 2.75) is 51.2 Å². The molecule has 8 heteroatoms. The van der Waals surface area contributed by atoms with E-state index in [1.165, 1.54) is 6.08 Å². The number of aromatic nitrogens is 2. The number of furan rings is 1. The fraction of sp³-hybridized carbons (Fsp3) is 0.500. The third kappa shape index (κ3) is 4.61. The summed E-state index contributed by atoms with van der Waals surface area (Å²) in [6, 6.07) is 7.31. The average Bonchev–Trinajstić information content (AvgIpc) is 3.35. The van der Waals surface area contributed by atoms with Gasteiger partial charge < -0.3 is 18.8 Å². The topological polar surface area (TPSA) is 60.6 Å². The van der Waals surface area contributed by atoms with E-state index in [-0.39, 0.29) is 18.2 Å². The molecule has 0 radical (unpaired) electrons. The molecule has 1 aromatic carbocycles. The molecule has 0 unspecified atom stereocenters. The molecule has 32 heavy (non-hydrogen) atoms. The van der Waals surface area contributed by atoms with Crippen molar-refractivity contribution in [3.05, 3.63) is 42.7 Å². The molecule has 0 spiro atoms. The normalized spacial score (nSPS) is 17.5. The molecule has 1 fully saturated rings. The molecule has 3 aromatic rings. The first-order valence-corrected chi connectivity index (χ1v) is 10.9. The van der Waals surface area contributed by atoms with E-state index < -0.39 is 18.4 Å². The van der Waals surface area contributed by atoms with Crippen LogP contribution in [-0.4, -0.2) is 48.0 Å². The summed E-state index contributed by atoms with van der Waals surface area (Å²) in [6.07, 6.45) is 3.23. The van der Waals surface area contributed by atoms with Gasteiger partial charge in [-0.15, -0.1) is 6.58 Å². The standard InChI is InChI=1S/C24H29F2N3O3/c1-5-13-30-15-24(25,26)22-27-19-17-10-6-7-11-18(17)32-20(19)21(28-22)29-12-8-9-16(29)14-31-23(2,3)4/h5-7,10-11,16H,1,8-9,12-15H2,2-4H3/t16-/m0/s1. The number of ether oxygens (including phenoxy) is 2. The van der Waals surface area contributed by atoms with Crippen molar-refractivity contribution in [1.29, 1.82) is 0 Å². The van der Waals surface area contributed by atoms with Crippen molar-refractivity contribution in [2.24, 2.45) is 0 Å². The highest BCUT2D eigenvalue weighted by molar-refractivity contribution is 6.05. The molecule has 4 rings (SSSR count). The Bertz CT molecular complexity index is 1110. The predicted octanol–water partition coefficient (Wildman–Crippen LogP) is 5.45. The van der Waals surface area contributed by atoms with Crippen LogP contribution in [0.4, 0.5) is 14.6 Å². The van der Waals surface area contributed by atoms with Crippen molar-refractivity contribution in [3.63, 3.8) is 0 Å². The van der Waals surface area contributed by atoms with E-state index in [4.69, 9.17) is 13.9 Å². The zero-order valence-corrected chi connectivity index (χ0v) is 18.7. The van der Waals surface area contributed by atoms with Gasteiger partial charge in [-0.3, -0.25) is 0 Å². The maximum Gasteiger partial charge on any atom is 0.329 e. The summed E-state index contributed by atoms with van der Waals surface area (Å²) in [5, 5.41) is 0.678. The highest BCUT2D eigenvalue weighted by Crippen LogP contribution is 2.38. The number of benzene rings is 1. The molecule has 0 saturated carbocycles. The molecule has 1 saturated heterocycles. The Morgan fingerprint density at radius 1 is 1.25 bits per heavy atom. The van der Waals surface area contributed by atoms with Crippen LogP contribution >= 0.6 is 0 Å². The third-order valence-corrected chi connectivity index (χ3v) is 5.41. The summed E-state index contributed by atoms with van der Waals surface area (Å²) in [4.78, 5) is 10.6. The number of rotatable bonds is 8. The van der Waals surface area contributed by atoms with Crippen molar-refractivity contribution in [3.8, 4) is 0 Å². The van der Waals surface area contributed by atoms with E-state index in [0.29, 0.717) is 41.0 Å². The van der Waals surface area contributed by atoms with Crippen LogP contribution in [0.1, 0.15) is 39.4 Å². The maximum absolute atomic E-state index is 15.0. The summed E-state index contributed by atoms with van der Waals surface area (Å²) >= 11 is 0. The van der Waals surface area contributed by atoms with Crippen LogP contribution in [-0.2, 0) is 15.4 Å². The number of anilines is 1. The lowest BCUT2D eigenvalue weighted by Gasteiger charge is -2.29. The smallest absolute Gasteiger partial charge is 0.329 e. The lowest BCUT2D eigenvalue weighted by molar-refractivity contribution is -0.0833. The molecule has 0 bridgehead atoms. The first kappa shape index (κ1) is 22.6. The van der Waals surface area contributed by atoms with Gasteiger partial charge in [0.1, 0.15) is 17.7 Å². The summed E-state index contributed by atoms with van der Waals surface area (Å²) in [5.41, 5.74) is 1.09. The van der Waals surface area contributed by atoms with Crippen LogP contribution in [0.15, 0.2) is 41.3 Å². The molecule has 3 heterocycles. The second-order valence-corrected chi connectivity index (χ2v) is 9.07. The van der Waals surface area contributed by atoms with Gasteiger partial charge in [0.05, 0.1) is 24.9 Å². The summed E-state index contributed by atoms with van der Waals surface area (Å²) in [7, 11) is 0. The predicted molar refractivity (Wildman–Crippen MR) is 120 cm³/mol. The Hall–Kier alpha value is -2.58. The van der Waals surface area contributed by atoms with E-state index >= 15 is 8.78 Å². The Morgan fingerprint density at radius 3 is 2.78 bits per heavy atom. The monoisotopic (exact) mass is 445 g/mol. The van der Waals surface area contributed by atoms with Crippen LogP contribution in [0.5, 0.6) is 0 Å². The Kier molecular flexibility index (Phi) is 6.18. The van der Waals surface area contributed by atoms with Gasteiger partial charge in [0.25, 0.3) is 0 Å². The molecule has 6 nitrogen and oxygen atoms in total. The van der Waals surface area contributed by atoms with Gasteiger partial charge in [-0.05, 0) is 45.7 Å². The fourth-order valence-corrected chi connectivity index (χ4v) is 3.90. The zero-order chi connectivity index (χ0) is 22.9. The van der Waals surface area contributed by atoms with Crippen LogP contribution in [0.25, 0.3) is 22.1 Å². The van der Waals surface area contributed by atoms with Gasteiger partial charge in [0.2, 0.25) is 5.82 Å². The van der Waals surface area contributed by atoms with Crippen LogP contribution in [0.2, 0.25) is 0 Å². The number of nitrogens with zero attached hydrogens (tertiary/aromatic N) is 3. The van der Waals surface area contributed by atoms with E-state index in [2.05, 4.69) is 16.5 Å². The molecule has 172 valence electrons. The van der Waals surface area contributed by atoms with Crippen molar-refractivity contribution in [1.82, 2.24) is 9.97 Å². The average molecular weight is 446 g/mol. The van der Waals surface area contributed by atoms with Crippen LogP contribution < -0.4 is 4.90 Å². The minimum Gasteiger partial charge on any atom is -0.450 e. The van der Waals surface area contributed by atoms with Gasteiger partial charge in [-0.25, -0.2) is 9.97 Å². The SMILES string of the molecule is C=CCOCC(F)(F)c1nc(N2CCC[C@H]2COC(C)(C)C)c2oc3ccccc3c2n1. The molecule has 0 N–H and O–H groups in total. The number of fused-ring (bicyclic) bond motifs is 3. The number of alkyl halides is 2. The van der Waals surface area contributed by atoms with Gasteiger partial charge in [0, 0.05) is 11.9 Å². The molecule has 0 aliphatic carbocycles. The molecule has 1 atom stereocenters. The second kappa shape index (κ2) is 8.75. The molecule has 0 amide bonds. The molecule has 1 aliphatic rings. The van der Waals surface area contributed by atoms with Crippen LogP contribution in [0, 0.1) is 0 Å². The highest BCUT2D eigenvalue weighted by atomic mass is 19.3. The quantitative estimate of drug-likeness (QED) is 0.339. The first-order valence-electron chi connectivity index (χ1n) is 10.9. The molecular formula is C24H29F2N3O3. The van der Waals surface area contributed by atoms with Gasteiger partial charge in [-0.1, -0.05) is 18.2 Å². The van der Waals surface area contributed by atoms with E-state index in [0.717, 1.165) is 12.8 Å². The molecule has 2 aromatic heterocycles.